The molecule has 1 aromatic rings. The Hall–Kier alpha value is -1.76. The highest BCUT2D eigenvalue weighted by atomic mass is 19.1. The van der Waals surface area contributed by atoms with Crippen LogP contribution in [-0.2, 0) is 0 Å². The molecule has 5 nitrogen and oxygen atoms in total. The van der Waals surface area contributed by atoms with Gasteiger partial charge in [-0.2, -0.15) is 4.39 Å². The summed E-state index contributed by atoms with van der Waals surface area (Å²) >= 11 is 0. The Morgan fingerprint density at radius 1 is 1.30 bits per heavy atom. The summed E-state index contributed by atoms with van der Waals surface area (Å²) in [4.78, 5) is 9.92. The van der Waals surface area contributed by atoms with E-state index in [4.69, 9.17) is 0 Å². The molecule has 2 N–H and O–H groups in total. The second-order valence-electron chi connectivity index (χ2n) is 5.18. The first-order valence-electron chi connectivity index (χ1n) is 6.51. The van der Waals surface area contributed by atoms with Gasteiger partial charge in [0.05, 0.1) is 10.5 Å². The van der Waals surface area contributed by atoms with E-state index in [0.717, 1.165) is 25.3 Å². The first kappa shape index (κ1) is 14.6. The number of nitro groups is 1. The van der Waals surface area contributed by atoms with Crippen LogP contribution >= 0.6 is 0 Å². The number of hydrogen-bond donors (Lipinski definition) is 2. The molecule has 1 aliphatic rings. The summed E-state index contributed by atoms with van der Waals surface area (Å²) in [7, 11) is 0. The smallest absolute Gasteiger partial charge is 0.327 e. The Labute approximate surface area is 114 Å². The van der Waals surface area contributed by atoms with Crippen molar-refractivity contribution in [3.05, 3.63) is 33.9 Å². The van der Waals surface area contributed by atoms with Gasteiger partial charge in [0.25, 0.3) is 0 Å². The lowest BCUT2D eigenvalue weighted by Crippen LogP contribution is -2.38. The zero-order valence-corrected chi connectivity index (χ0v) is 10.9. The highest BCUT2D eigenvalue weighted by Gasteiger charge is 2.30. The fraction of sp³-hybridized carbons (Fsp3) is 0.538. The highest BCUT2D eigenvalue weighted by molar-refractivity contribution is 5.62. The summed E-state index contributed by atoms with van der Waals surface area (Å²) in [5.74, 6) is -2.13. The van der Waals surface area contributed by atoms with Gasteiger partial charge < -0.3 is 10.4 Å². The van der Waals surface area contributed by atoms with Crippen LogP contribution in [-0.4, -0.2) is 22.2 Å². The molecule has 1 aromatic carbocycles. The van der Waals surface area contributed by atoms with Gasteiger partial charge in [-0.25, -0.2) is 4.39 Å². The molecular weight excluding hydrogens is 270 g/mol. The number of hydrogen-bond acceptors (Lipinski definition) is 4. The second-order valence-corrected chi connectivity index (χ2v) is 5.18. The third-order valence-electron chi connectivity index (χ3n) is 3.60. The molecule has 0 amide bonds. The maximum absolute atomic E-state index is 13.4. The van der Waals surface area contributed by atoms with Crippen LogP contribution in [0.25, 0.3) is 0 Å². The van der Waals surface area contributed by atoms with E-state index in [1.54, 1.807) is 0 Å². The van der Waals surface area contributed by atoms with Crippen molar-refractivity contribution >= 4 is 11.4 Å². The topological polar surface area (TPSA) is 75.4 Å². The molecule has 0 spiro atoms. The molecule has 0 aliphatic heterocycles. The minimum atomic E-state index is -1.23. The van der Waals surface area contributed by atoms with Gasteiger partial charge in [-0.15, -0.1) is 0 Å². The third-order valence-corrected chi connectivity index (χ3v) is 3.60. The van der Waals surface area contributed by atoms with Gasteiger partial charge in [-0.3, -0.25) is 10.1 Å². The largest absolute Gasteiger partial charge is 0.388 e. The number of halogens is 2. The van der Waals surface area contributed by atoms with Crippen molar-refractivity contribution in [2.24, 2.45) is 0 Å². The van der Waals surface area contributed by atoms with Crippen LogP contribution in [0.2, 0.25) is 0 Å². The van der Waals surface area contributed by atoms with Gasteiger partial charge in [0, 0.05) is 18.7 Å². The van der Waals surface area contributed by atoms with Crippen LogP contribution in [0, 0.1) is 21.7 Å². The standard InChI is InChI=1S/C13H16F2N2O3/c14-9-6-10(15)12(17(19)20)11(7-9)16-8-13(18)4-2-1-3-5-13/h6-7,16,18H,1-5,8H2. The monoisotopic (exact) mass is 286 g/mol. The molecule has 20 heavy (non-hydrogen) atoms. The quantitative estimate of drug-likeness (QED) is 0.659. The predicted octanol–water partition coefficient (Wildman–Crippen LogP) is 2.98. The second kappa shape index (κ2) is 5.70. The molecule has 2 rings (SSSR count). The summed E-state index contributed by atoms with van der Waals surface area (Å²) in [5.41, 5.74) is -2.02. The fourth-order valence-electron chi connectivity index (χ4n) is 2.53. The summed E-state index contributed by atoms with van der Waals surface area (Å²) in [6.07, 6.45) is 3.93. The SMILES string of the molecule is O=[N+]([O-])c1c(F)cc(F)cc1NCC1(O)CCCCC1. The van der Waals surface area contributed by atoms with Crippen molar-refractivity contribution in [1.29, 1.82) is 0 Å². The van der Waals surface area contributed by atoms with Gasteiger partial charge in [0.1, 0.15) is 11.5 Å². The molecule has 0 heterocycles. The summed E-state index contributed by atoms with van der Waals surface area (Å²) in [5, 5.41) is 23.7. The normalized spacial score (nSPS) is 17.8. The van der Waals surface area contributed by atoms with Crippen LogP contribution in [0.4, 0.5) is 20.2 Å². The lowest BCUT2D eigenvalue weighted by atomic mass is 9.85. The van der Waals surface area contributed by atoms with Crippen molar-refractivity contribution in [3.8, 4) is 0 Å². The van der Waals surface area contributed by atoms with E-state index in [9.17, 15) is 24.0 Å². The maximum Gasteiger partial charge on any atom is 0.327 e. The van der Waals surface area contributed by atoms with Crippen LogP contribution < -0.4 is 5.32 Å². The van der Waals surface area contributed by atoms with Crippen LogP contribution in [0.5, 0.6) is 0 Å². The Morgan fingerprint density at radius 2 is 1.95 bits per heavy atom. The molecule has 1 saturated carbocycles. The average molecular weight is 286 g/mol. The van der Waals surface area contributed by atoms with Crippen LogP contribution in [0.1, 0.15) is 32.1 Å². The lowest BCUT2D eigenvalue weighted by molar-refractivity contribution is -0.386. The molecule has 110 valence electrons. The first-order valence-corrected chi connectivity index (χ1v) is 6.51. The predicted molar refractivity (Wildman–Crippen MR) is 69.5 cm³/mol. The van der Waals surface area contributed by atoms with Crippen molar-refractivity contribution in [1.82, 2.24) is 0 Å². The van der Waals surface area contributed by atoms with Crippen molar-refractivity contribution in [2.75, 3.05) is 11.9 Å². The average Bonchev–Trinajstić information content (AvgIpc) is 2.36. The number of nitrogens with zero attached hydrogens (tertiary/aromatic N) is 1. The van der Waals surface area contributed by atoms with E-state index in [0.29, 0.717) is 18.9 Å². The van der Waals surface area contributed by atoms with E-state index in [2.05, 4.69) is 5.32 Å². The maximum atomic E-state index is 13.4. The van der Waals surface area contributed by atoms with Gasteiger partial charge in [0.2, 0.25) is 5.82 Å². The van der Waals surface area contributed by atoms with Gasteiger partial charge in [-0.1, -0.05) is 19.3 Å². The van der Waals surface area contributed by atoms with Gasteiger partial charge >= 0.3 is 5.69 Å². The van der Waals surface area contributed by atoms with Crippen LogP contribution in [0.15, 0.2) is 12.1 Å². The van der Waals surface area contributed by atoms with Crippen molar-refractivity contribution in [2.45, 2.75) is 37.7 Å². The third kappa shape index (κ3) is 3.22. The number of aliphatic hydroxyl groups is 1. The molecular formula is C13H16F2N2O3. The van der Waals surface area contributed by atoms with Gasteiger partial charge in [-0.05, 0) is 12.8 Å². The zero-order chi connectivity index (χ0) is 14.8. The van der Waals surface area contributed by atoms with Crippen LogP contribution in [0.3, 0.4) is 0 Å². The number of nitrogens with one attached hydrogen (secondary N) is 1. The van der Waals surface area contributed by atoms with E-state index < -0.39 is 27.8 Å². The molecule has 0 radical (unpaired) electrons. The van der Waals surface area contributed by atoms with E-state index in [1.807, 2.05) is 0 Å². The minimum Gasteiger partial charge on any atom is -0.388 e. The molecule has 0 unspecified atom stereocenters. The molecule has 0 atom stereocenters. The number of rotatable bonds is 4. The van der Waals surface area contributed by atoms with E-state index >= 15 is 0 Å². The Morgan fingerprint density at radius 3 is 2.55 bits per heavy atom. The van der Waals surface area contributed by atoms with Crippen molar-refractivity contribution < 1.29 is 18.8 Å². The number of benzene rings is 1. The molecule has 1 aliphatic carbocycles. The molecule has 0 aromatic heterocycles. The lowest BCUT2D eigenvalue weighted by Gasteiger charge is -2.32. The Kier molecular flexibility index (Phi) is 4.17. The Balaban J connectivity index is 2.18. The van der Waals surface area contributed by atoms with E-state index in [-0.39, 0.29) is 12.2 Å². The number of anilines is 1. The summed E-state index contributed by atoms with van der Waals surface area (Å²) in [6, 6.07) is 1.34. The summed E-state index contributed by atoms with van der Waals surface area (Å²) in [6.45, 7) is 0.0384. The Bertz CT molecular complexity index is 517. The molecule has 0 saturated heterocycles. The summed E-state index contributed by atoms with van der Waals surface area (Å²) < 4.78 is 26.6. The first-order chi connectivity index (χ1) is 9.41. The van der Waals surface area contributed by atoms with E-state index in [1.165, 1.54) is 0 Å². The highest BCUT2D eigenvalue weighted by Crippen LogP contribution is 2.32. The minimum absolute atomic E-state index is 0.0384. The van der Waals surface area contributed by atoms with Gasteiger partial charge in [0.15, 0.2) is 0 Å². The molecule has 1 fully saturated rings. The molecule has 7 heteroatoms. The fourth-order valence-corrected chi connectivity index (χ4v) is 2.53. The number of nitro benzene ring substituents is 1. The van der Waals surface area contributed by atoms with Crippen molar-refractivity contribution in [3.63, 3.8) is 0 Å². The zero-order valence-electron chi connectivity index (χ0n) is 10.9. The molecule has 0 bridgehead atoms.